The summed E-state index contributed by atoms with van der Waals surface area (Å²) in [5.41, 5.74) is 3.55. The molecule has 1 aliphatic rings. The highest BCUT2D eigenvalue weighted by atomic mass is 16.2. The Bertz CT molecular complexity index is 1320. The molecule has 0 aromatic heterocycles. The van der Waals surface area contributed by atoms with Crippen LogP contribution in [0.3, 0.4) is 0 Å². The van der Waals surface area contributed by atoms with Crippen molar-refractivity contribution >= 4 is 34.7 Å². The van der Waals surface area contributed by atoms with Gasteiger partial charge in [-0.25, -0.2) is 4.90 Å². The molecule has 0 bridgehead atoms. The second-order valence-electron chi connectivity index (χ2n) is 7.93. The third-order valence-electron chi connectivity index (χ3n) is 5.45. The SMILES string of the molecule is CC(=O)Nc1ccc(C2=C(N(C)Cc3ccccc3)C(=O)N(c3ccc(C#N)cc3)C2=O)cc1. The first kappa shape index (κ1) is 22.5. The van der Waals surface area contributed by atoms with Crippen molar-refractivity contribution in [3.63, 3.8) is 0 Å². The van der Waals surface area contributed by atoms with E-state index >= 15 is 0 Å². The van der Waals surface area contributed by atoms with Crippen molar-refractivity contribution in [3.8, 4) is 6.07 Å². The monoisotopic (exact) mass is 450 g/mol. The normalized spacial score (nSPS) is 13.1. The molecule has 3 aromatic rings. The minimum absolute atomic E-state index is 0.200. The van der Waals surface area contributed by atoms with Crippen molar-refractivity contribution in [2.45, 2.75) is 13.5 Å². The van der Waals surface area contributed by atoms with Gasteiger partial charge in [0, 0.05) is 26.2 Å². The standard InChI is InChI=1S/C27H22N4O3/c1-18(32)29-22-12-10-21(11-13-22)24-25(30(2)17-20-6-4-3-5-7-20)27(34)31(26(24)33)23-14-8-19(16-28)9-15-23/h3-15H,17H2,1-2H3,(H,29,32). The fraction of sp³-hybridized carbons (Fsp3) is 0.111. The molecule has 0 fully saturated rings. The molecule has 0 spiro atoms. The second-order valence-corrected chi connectivity index (χ2v) is 7.93. The Morgan fingerprint density at radius 1 is 0.941 bits per heavy atom. The number of nitrogens with zero attached hydrogens (tertiary/aromatic N) is 3. The minimum Gasteiger partial charge on any atom is -0.365 e. The van der Waals surface area contributed by atoms with E-state index in [1.807, 2.05) is 36.4 Å². The summed E-state index contributed by atoms with van der Waals surface area (Å²) in [4.78, 5) is 41.4. The van der Waals surface area contributed by atoms with Crippen LogP contribution in [0.15, 0.2) is 84.6 Å². The van der Waals surface area contributed by atoms with E-state index in [1.54, 1.807) is 60.5 Å². The number of carbonyl (C=O) groups excluding carboxylic acids is 3. The molecular weight excluding hydrogens is 428 g/mol. The van der Waals surface area contributed by atoms with E-state index in [1.165, 1.54) is 6.92 Å². The average molecular weight is 450 g/mol. The number of carbonyl (C=O) groups is 3. The summed E-state index contributed by atoms with van der Waals surface area (Å²) in [5.74, 6) is -1.08. The number of benzene rings is 3. The number of amides is 3. The van der Waals surface area contributed by atoms with Gasteiger partial charge >= 0.3 is 0 Å². The lowest BCUT2D eigenvalue weighted by atomic mass is 10.0. The first-order valence-corrected chi connectivity index (χ1v) is 10.7. The van der Waals surface area contributed by atoms with Crippen LogP contribution < -0.4 is 10.2 Å². The van der Waals surface area contributed by atoms with Crippen LogP contribution in [0.2, 0.25) is 0 Å². The lowest BCUT2D eigenvalue weighted by Crippen LogP contribution is -2.34. The molecule has 3 amide bonds. The van der Waals surface area contributed by atoms with Crippen molar-refractivity contribution in [1.82, 2.24) is 4.90 Å². The van der Waals surface area contributed by atoms with Crippen LogP contribution in [0, 0.1) is 11.3 Å². The maximum atomic E-state index is 13.6. The van der Waals surface area contributed by atoms with Gasteiger partial charge in [-0.1, -0.05) is 42.5 Å². The molecule has 1 heterocycles. The van der Waals surface area contributed by atoms with Crippen molar-refractivity contribution in [2.75, 3.05) is 17.3 Å². The van der Waals surface area contributed by atoms with E-state index in [-0.39, 0.29) is 17.2 Å². The third kappa shape index (κ3) is 4.43. The van der Waals surface area contributed by atoms with E-state index in [0.29, 0.717) is 29.0 Å². The van der Waals surface area contributed by atoms with Gasteiger partial charge in [0.25, 0.3) is 11.8 Å². The molecule has 1 N–H and O–H groups in total. The molecule has 0 atom stereocenters. The highest BCUT2D eigenvalue weighted by Crippen LogP contribution is 2.35. The van der Waals surface area contributed by atoms with Crippen LogP contribution in [0.5, 0.6) is 0 Å². The number of nitrogens with one attached hydrogen (secondary N) is 1. The number of hydrogen-bond donors (Lipinski definition) is 1. The zero-order valence-corrected chi connectivity index (χ0v) is 18.8. The molecule has 4 rings (SSSR count). The Morgan fingerprint density at radius 2 is 1.59 bits per heavy atom. The van der Waals surface area contributed by atoms with E-state index in [0.717, 1.165) is 10.5 Å². The maximum absolute atomic E-state index is 13.6. The first-order valence-electron chi connectivity index (χ1n) is 10.7. The molecule has 0 aliphatic carbocycles. The number of hydrogen-bond acceptors (Lipinski definition) is 5. The van der Waals surface area contributed by atoms with Crippen LogP contribution in [-0.4, -0.2) is 29.7 Å². The minimum atomic E-state index is -0.447. The predicted molar refractivity (Wildman–Crippen MR) is 129 cm³/mol. The van der Waals surface area contributed by atoms with Gasteiger partial charge in [-0.05, 0) is 47.5 Å². The number of rotatable bonds is 6. The van der Waals surface area contributed by atoms with E-state index in [2.05, 4.69) is 5.32 Å². The van der Waals surface area contributed by atoms with Crippen LogP contribution in [0.1, 0.15) is 23.6 Å². The Labute approximate surface area is 197 Å². The molecule has 7 heteroatoms. The van der Waals surface area contributed by atoms with E-state index < -0.39 is 11.8 Å². The fourth-order valence-corrected chi connectivity index (χ4v) is 3.91. The smallest absolute Gasteiger partial charge is 0.282 e. The number of anilines is 2. The third-order valence-corrected chi connectivity index (χ3v) is 5.45. The molecule has 34 heavy (non-hydrogen) atoms. The number of imide groups is 1. The highest BCUT2D eigenvalue weighted by Gasteiger charge is 2.41. The molecule has 1 aliphatic heterocycles. The van der Waals surface area contributed by atoms with Crippen LogP contribution >= 0.6 is 0 Å². The summed E-state index contributed by atoms with van der Waals surface area (Å²) in [5, 5.41) is 11.8. The number of nitriles is 1. The zero-order chi connectivity index (χ0) is 24.2. The van der Waals surface area contributed by atoms with Crippen LogP contribution in [0.4, 0.5) is 11.4 Å². The summed E-state index contributed by atoms with van der Waals surface area (Å²) in [6, 6.07) is 24.9. The summed E-state index contributed by atoms with van der Waals surface area (Å²) in [6.07, 6.45) is 0. The summed E-state index contributed by atoms with van der Waals surface area (Å²) in [6.45, 7) is 1.85. The van der Waals surface area contributed by atoms with Gasteiger partial charge in [0.05, 0.1) is 22.9 Å². The Hall–Kier alpha value is -4.70. The molecule has 7 nitrogen and oxygen atoms in total. The fourth-order valence-electron chi connectivity index (χ4n) is 3.91. The van der Waals surface area contributed by atoms with Crippen LogP contribution in [-0.2, 0) is 20.9 Å². The van der Waals surface area contributed by atoms with Crippen molar-refractivity contribution in [1.29, 1.82) is 5.26 Å². The van der Waals surface area contributed by atoms with Crippen LogP contribution in [0.25, 0.3) is 5.57 Å². The van der Waals surface area contributed by atoms with Gasteiger partial charge in [0.15, 0.2) is 0 Å². The van der Waals surface area contributed by atoms with E-state index in [4.69, 9.17) is 5.26 Å². The summed E-state index contributed by atoms with van der Waals surface area (Å²) < 4.78 is 0. The lowest BCUT2D eigenvalue weighted by Gasteiger charge is -2.21. The van der Waals surface area contributed by atoms with Gasteiger partial charge in [-0.15, -0.1) is 0 Å². The maximum Gasteiger partial charge on any atom is 0.282 e. The molecule has 0 radical (unpaired) electrons. The average Bonchev–Trinajstić information content (AvgIpc) is 3.10. The lowest BCUT2D eigenvalue weighted by molar-refractivity contribution is -0.120. The van der Waals surface area contributed by atoms with Crippen molar-refractivity contribution in [3.05, 3.63) is 101 Å². The molecule has 3 aromatic carbocycles. The summed E-state index contributed by atoms with van der Waals surface area (Å²) in [7, 11) is 1.78. The first-order chi connectivity index (χ1) is 16.4. The Balaban J connectivity index is 1.76. The second kappa shape index (κ2) is 9.43. The van der Waals surface area contributed by atoms with Gasteiger partial charge in [-0.2, -0.15) is 5.26 Å². The molecule has 0 saturated heterocycles. The van der Waals surface area contributed by atoms with Crippen molar-refractivity contribution in [2.24, 2.45) is 0 Å². The molecule has 0 unspecified atom stereocenters. The quantitative estimate of drug-likeness (QED) is 0.575. The van der Waals surface area contributed by atoms with Gasteiger partial charge in [0.2, 0.25) is 5.91 Å². The van der Waals surface area contributed by atoms with Crippen molar-refractivity contribution < 1.29 is 14.4 Å². The topological polar surface area (TPSA) is 93.5 Å². The molecular formula is C27H22N4O3. The Morgan fingerprint density at radius 3 is 2.18 bits per heavy atom. The Kier molecular flexibility index (Phi) is 6.24. The molecule has 0 saturated carbocycles. The zero-order valence-electron chi connectivity index (χ0n) is 18.8. The number of likely N-dealkylation sites (N-methyl/N-ethyl adjacent to an activating group) is 1. The largest absolute Gasteiger partial charge is 0.365 e. The molecule has 168 valence electrons. The summed E-state index contributed by atoms with van der Waals surface area (Å²) >= 11 is 0. The van der Waals surface area contributed by atoms with E-state index in [9.17, 15) is 14.4 Å². The predicted octanol–water partition coefficient (Wildman–Crippen LogP) is 3.93. The highest BCUT2D eigenvalue weighted by molar-refractivity contribution is 6.45. The van der Waals surface area contributed by atoms with Gasteiger partial charge < -0.3 is 10.2 Å². The van der Waals surface area contributed by atoms with Gasteiger partial charge in [0.1, 0.15) is 5.70 Å². The van der Waals surface area contributed by atoms with Gasteiger partial charge in [-0.3, -0.25) is 14.4 Å².